The number of nitrogens with two attached hydrogens (primary N) is 2. The van der Waals surface area contributed by atoms with Crippen LogP contribution in [-0.2, 0) is 0 Å². The molecule has 4 N–H and O–H groups in total. The van der Waals surface area contributed by atoms with Crippen LogP contribution in [0.1, 0.15) is 44.7 Å². The maximum absolute atomic E-state index is 6.42. The number of para-hydroxylation sites is 1. The van der Waals surface area contributed by atoms with E-state index in [0.717, 1.165) is 30.6 Å². The van der Waals surface area contributed by atoms with Gasteiger partial charge >= 0.3 is 0 Å². The average Bonchev–Trinajstić information content (AvgIpc) is 2.62. The lowest BCUT2D eigenvalue weighted by molar-refractivity contribution is 0.0474. The summed E-state index contributed by atoms with van der Waals surface area (Å²) in [4.78, 5) is 0. The normalized spacial score (nSPS) is 26.2. The van der Waals surface area contributed by atoms with Gasteiger partial charge in [0.2, 0.25) is 0 Å². The monoisotopic (exact) mass is 248 g/mol. The lowest BCUT2D eigenvalue weighted by atomic mass is 9.83. The maximum atomic E-state index is 6.42. The first-order valence-corrected chi connectivity index (χ1v) is 6.82. The van der Waals surface area contributed by atoms with Crippen LogP contribution in [0.4, 0.5) is 0 Å². The van der Waals surface area contributed by atoms with E-state index >= 15 is 0 Å². The first-order valence-electron chi connectivity index (χ1n) is 6.82. The highest BCUT2D eigenvalue weighted by atomic mass is 16.5. The van der Waals surface area contributed by atoms with Gasteiger partial charge in [-0.3, -0.25) is 0 Å². The van der Waals surface area contributed by atoms with Crippen LogP contribution in [0.2, 0.25) is 0 Å². The quantitative estimate of drug-likeness (QED) is 0.842. The van der Waals surface area contributed by atoms with Gasteiger partial charge < -0.3 is 16.2 Å². The number of fused-ring (bicyclic) bond motifs is 1. The second kappa shape index (κ2) is 5.29. The molecular weight excluding hydrogens is 224 g/mol. The summed E-state index contributed by atoms with van der Waals surface area (Å²) in [6.45, 7) is 5.06. The minimum atomic E-state index is -0.303. The van der Waals surface area contributed by atoms with Crippen molar-refractivity contribution in [2.75, 3.05) is 6.54 Å². The Balaban J connectivity index is 2.23. The molecule has 0 aliphatic carbocycles. The second-order valence-corrected chi connectivity index (χ2v) is 5.65. The zero-order valence-corrected chi connectivity index (χ0v) is 11.4. The van der Waals surface area contributed by atoms with Gasteiger partial charge in [0.25, 0.3) is 0 Å². The van der Waals surface area contributed by atoms with Crippen molar-refractivity contribution >= 4 is 0 Å². The number of ether oxygens (including phenoxy) is 1. The van der Waals surface area contributed by atoms with Gasteiger partial charge in [-0.1, -0.05) is 32.0 Å². The smallest absolute Gasteiger partial charge is 0.129 e. The molecule has 1 aromatic carbocycles. The van der Waals surface area contributed by atoms with Gasteiger partial charge in [-0.2, -0.15) is 0 Å². The van der Waals surface area contributed by atoms with Crippen LogP contribution < -0.4 is 16.2 Å². The second-order valence-electron chi connectivity index (χ2n) is 5.65. The molecule has 0 amide bonds. The fraction of sp³-hybridized carbons (Fsp3) is 0.600. The third-order valence-corrected chi connectivity index (χ3v) is 3.85. The Morgan fingerprint density at radius 2 is 2.00 bits per heavy atom. The molecular formula is C15H24N2O. The molecule has 0 saturated heterocycles. The molecule has 0 radical (unpaired) electrons. The highest BCUT2D eigenvalue weighted by Crippen LogP contribution is 2.46. The van der Waals surface area contributed by atoms with Gasteiger partial charge in [0.15, 0.2) is 0 Å². The van der Waals surface area contributed by atoms with Crippen molar-refractivity contribution in [3.8, 4) is 5.75 Å². The Morgan fingerprint density at radius 3 is 2.61 bits per heavy atom. The molecule has 2 atom stereocenters. The Morgan fingerprint density at radius 1 is 1.28 bits per heavy atom. The van der Waals surface area contributed by atoms with Gasteiger partial charge in [0, 0.05) is 12.0 Å². The zero-order chi connectivity index (χ0) is 13.2. The lowest BCUT2D eigenvalue weighted by Gasteiger charge is -2.33. The number of benzene rings is 1. The largest absolute Gasteiger partial charge is 0.485 e. The predicted molar refractivity (Wildman–Crippen MR) is 74.5 cm³/mol. The van der Waals surface area contributed by atoms with Crippen molar-refractivity contribution in [2.45, 2.75) is 44.8 Å². The first kappa shape index (κ1) is 13.4. The van der Waals surface area contributed by atoms with Crippen LogP contribution in [-0.4, -0.2) is 12.1 Å². The predicted octanol–water partition coefficient (Wildman–Crippen LogP) is 2.60. The zero-order valence-electron chi connectivity index (χ0n) is 11.4. The summed E-state index contributed by atoms with van der Waals surface area (Å²) >= 11 is 0. The number of hydrogen-bond acceptors (Lipinski definition) is 3. The van der Waals surface area contributed by atoms with Crippen LogP contribution in [0.25, 0.3) is 0 Å². The van der Waals surface area contributed by atoms with Gasteiger partial charge in [-0.05, 0) is 31.4 Å². The van der Waals surface area contributed by atoms with Gasteiger partial charge in [-0.25, -0.2) is 0 Å². The topological polar surface area (TPSA) is 61.3 Å². The van der Waals surface area contributed by atoms with Crippen molar-refractivity contribution in [1.82, 2.24) is 0 Å². The molecule has 1 aliphatic rings. The third-order valence-electron chi connectivity index (χ3n) is 3.85. The Kier molecular flexibility index (Phi) is 3.93. The van der Waals surface area contributed by atoms with Crippen LogP contribution in [0.3, 0.4) is 0 Å². The summed E-state index contributed by atoms with van der Waals surface area (Å²) in [5.74, 6) is 1.58. The molecule has 0 aromatic heterocycles. The Hall–Kier alpha value is -1.06. The van der Waals surface area contributed by atoms with E-state index in [1.54, 1.807) is 0 Å². The highest BCUT2D eigenvalue weighted by Gasteiger charge is 2.45. The highest BCUT2D eigenvalue weighted by molar-refractivity contribution is 5.42. The molecule has 1 unspecified atom stereocenters. The van der Waals surface area contributed by atoms with Crippen LogP contribution >= 0.6 is 0 Å². The first-order chi connectivity index (χ1) is 8.59. The van der Waals surface area contributed by atoms with Crippen molar-refractivity contribution in [2.24, 2.45) is 17.4 Å². The van der Waals surface area contributed by atoms with Crippen molar-refractivity contribution in [3.05, 3.63) is 29.8 Å². The standard InChI is InChI=1S/C15H24N2O/c1-11(2)7-8-15(9-10-16)14(17)12-5-3-4-6-13(12)18-15/h3-6,11,14H,7-10,16-17H2,1-2H3/t14-,15?/m1/s1. The van der Waals surface area contributed by atoms with Crippen molar-refractivity contribution in [3.63, 3.8) is 0 Å². The lowest BCUT2D eigenvalue weighted by Crippen LogP contribution is -2.44. The SMILES string of the molecule is CC(C)CCC1(CCN)Oc2ccccc2[C@H]1N. The van der Waals surface area contributed by atoms with E-state index in [1.165, 1.54) is 0 Å². The van der Waals surface area contributed by atoms with E-state index in [9.17, 15) is 0 Å². The number of rotatable bonds is 5. The molecule has 3 nitrogen and oxygen atoms in total. The van der Waals surface area contributed by atoms with Gasteiger partial charge in [0.05, 0.1) is 6.04 Å². The molecule has 100 valence electrons. The molecule has 2 rings (SSSR count). The molecule has 18 heavy (non-hydrogen) atoms. The van der Waals surface area contributed by atoms with Gasteiger partial charge in [0.1, 0.15) is 11.4 Å². The molecule has 0 saturated carbocycles. The summed E-state index contributed by atoms with van der Waals surface area (Å²) in [5, 5.41) is 0. The molecule has 1 aromatic rings. The molecule has 0 bridgehead atoms. The van der Waals surface area contributed by atoms with E-state index in [-0.39, 0.29) is 11.6 Å². The van der Waals surface area contributed by atoms with Gasteiger partial charge in [-0.15, -0.1) is 0 Å². The van der Waals surface area contributed by atoms with Crippen LogP contribution in [0.5, 0.6) is 5.75 Å². The maximum Gasteiger partial charge on any atom is 0.129 e. The van der Waals surface area contributed by atoms with E-state index in [4.69, 9.17) is 16.2 Å². The summed E-state index contributed by atoms with van der Waals surface area (Å²) in [7, 11) is 0. The minimum absolute atomic E-state index is 0.0593. The summed E-state index contributed by atoms with van der Waals surface area (Å²) in [6, 6.07) is 8.02. The molecule has 0 spiro atoms. The van der Waals surface area contributed by atoms with E-state index in [0.29, 0.717) is 12.5 Å². The molecule has 3 heteroatoms. The van der Waals surface area contributed by atoms with Crippen molar-refractivity contribution < 1.29 is 4.74 Å². The molecule has 0 fully saturated rings. The average molecular weight is 248 g/mol. The van der Waals surface area contributed by atoms with E-state index < -0.39 is 0 Å². The Labute approximate surface area is 110 Å². The van der Waals surface area contributed by atoms with E-state index in [1.807, 2.05) is 18.2 Å². The van der Waals surface area contributed by atoms with Crippen LogP contribution in [0, 0.1) is 5.92 Å². The fourth-order valence-corrected chi connectivity index (χ4v) is 2.71. The summed E-state index contributed by atoms with van der Waals surface area (Å²) in [6.07, 6.45) is 2.90. The summed E-state index contributed by atoms with van der Waals surface area (Å²) < 4.78 is 6.19. The van der Waals surface area contributed by atoms with E-state index in [2.05, 4.69) is 19.9 Å². The van der Waals surface area contributed by atoms with Crippen molar-refractivity contribution in [1.29, 1.82) is 0 Å². The third kappa shape index (κ3) is 2.38. The number of hydrogen-bond donors (Lipinski definition) is 2. The molecule has 1 aliphatic heterocycles. The fourth-order valence-electron chi connectivity index (χ4n) is 2.71. The summed E-state index contributed by atoms with van der Waals surface area (Å²) in [5.41, 5.74) is 13.0. The Bertz CT molecular complexity index is 405. The van der Waals surface area contributed by atoms with Crippen LogP contribution in [0.15, 0.2) is 24.3 Å². The molecule has 1 heterocycles. The minimum Gasteiger partial charge on any atom is -0.485 e.